The first kappa shape index (κ1) is 17.0. The van der Waals surface area contributed by atoms with Gasteiger partial charge in [0.05, 0.1) is 6.54 Å². The minimum absolute atomic E-state index is 0. The predicted molar refractivity (Wildman–Crippen MR) is 85.1 cm³/mol. The van der Waals surface area contributed by atoms with Crippen LogP contribution in [0.4, 0.5) is 0 Å². The van der Waals surface area contributed by atoms with Crippen molar-refractivity contribution in [3.8, 4) is 0 Å². The molecule has 0 radical (unpaired) electrons. The molecule has 1 saturated heterocycles. The van der Waals surface area contributed by atoms with Crippen molar-refractivity contribution in [2.45, 2.75) is 45.6 Å². The zero-order chi connectivity index (χ0) is 11.8. The molecule has 1 unspecified atom stereocenters. The van der Waals surface area contributed by atoms with Gasteiger partial charge in [0, 0.05) is 12.6 Å². The fourth-order valence-electron chi connectivity index (χ4n) is 2.12. The Morgan fingerprint density at radius 1 is 1.35 bits per heavy atom. The summed E-state index contributed by atoms with van der Waals surface area (Å²) in [6.45, 7) is 8.56. The molecule has 0 aromatic carbocycles. The lowest BCUT2D eigenvalue weighted by atomic mass is 10.2. The summed E-state index contributed by atoms with van der Waals surface area (Å²) in [5, 5.41) is 3.11. The minimum atomic E-state index is 0. The second kappa shape index (κ2) is 9.94. The summed E-state index contributed by atoms with van der Waals surface area (Å²) in [5.74, 6) is 0.597. The Balaban J connectivity index is 0.00000256. The molecular weight excluding hydrogens is 327 g/mol. The number of hydrogen-bond acceptors (Lipinski definition) is 2. The van der Waals surface area contributed by atoms with Gasteiger partial charge in [0.2, 0.25) is 0 Å². The van der Waals surface area contributed by atoms with Crippen LogP contribution in [-0.2, 0) is 0 Å². The number of guanidine groups is 1. The molecule has 0 spiro atoms. The predicted octanol–water partition coefficient (Wildman–Crippen LogP) is 1.79. The van der Waals surface area contributed by atoms with Crippen molar-refractivity contribution < 1.29 is 0 Å². The molecule has 1 heterocycles. The van der Waals surface area contributed by atoms with Gasteiger partial charge in [0.1, 0.15) is 0 Å². The Kier molecular flexibility index (Phi) is 9.91. The highest BCUT2D eigenvalue weighted by molar-refractivity contribution is 14.0. The van der Waals surface area contributed by atoms with Gasteiger partial charge in [-0.1, -0.05) is 13.8 Å². The fraction of sp³-hybridized carbons (Fsp3) is 0.917. The van der Waals surface area contributed by atoms with Crippen molar-refractivity contribution in [2.24, 2.45) is 10.7 Å². The summed E-state index contributed by atoms with van der Waals surface area (Å²) >= 11 is 0. The topological polar surface area (TPSA) is 53.6 Å². The van der Waals surface area contributed by atoms with Crippen LogP contribution in [0, 0.1) is 0 Å². The molecule has 0 amide bonds. The average molecular weight is 354 g/mol. The summed E-state index contributed by atoms with van der Waals surface area (Å²) in [4.78, 5) is 6.96. The smallest absolute Gasteiger partial charge is 0.188 e. The minimum Gasteiger partial charge on any atom is -0.370 e. The van der Waals surface area contributed by atoms with E-state index >= 15 is 0 Å². The number of nitrogens with one attached hydrogen (secondary N) is 1. The molecule has 0 bridgehead atoms. The molecule has 5 heteroatoms. The van der Waals surface area contributed by atoms with Gasteiger partial charge in [-0.05, 0) is 38.8 Å². The Hall–Kier alpha value is -0.0400. The van der Waals surface area contributed by atoms with Gasteiger partial charge in [-0.2, -0.15) is 0 Å². The van der Waals surface area contributed by atoms with Crippen LogP contribution in [0.5, 0.6) is 0 Å². The maximum absolute atomic E-state index is 5.78. The Morgan fingerprint density at radius 3 is 2.53 bits per heavy atom. The summed E-state index contributed by atoms with van der Waals surface area (Å²) in [5.41, 5.74) is 5.78. The van der Waals surface area contributed by atoms with Gasteiger partial charge >= 0.3 is 0 Å². The van der Waals surface area contributed by atoms with Crippen LogP contribution in [0.15, 0.2) is 4.99 Å². The first-order valence-corrected chi connectivity index (χ1v) is 6.55. The van der Waals surface area contributed by atoms with Crippen LogP contribution in [0.3, 0.4) is 0 Å². The second-order valence-corrected chi connectivity index (χ2v) is 4.46. The number of rotatable bonds is 6. The van der Waals surface area contributed by atoms with Crippen LogP contribution in [0.1, 0.15) is 39.5 Å². The van der Waals surface area contributed by atoms with Gasteiger partial charge in [0.15, 0.2) is 5.96 Å². The zero-order valence-corrected chi connectivity index (χ0v) is 13.4. The maximum atomic E-state index is 5.78. The lowest BCUT2D eigenvalue weighted by Crippen LogP contribution is -2.37. The summed E-state index contributed by atoms with van der Waals surface area (Å²) in [6.07, 6.45) is 4.91. The molecule has 1 fully saturated rings. The third-order valence-electron chi connectivity index (χ3n) is 3.16. The van der Waals surface area contributed by atoms with E-state index in [0.717, 1.165) is 25.9 Å². The summed E-state index contributed by atoms with van der Waals surface area (Å²) in [7, 11) is 0. The molecule has 1 aliphatic heterocycles. The van der Waals surface area contributed by atoms with Gasteiger partial charge < -0.3 is 11.1 Å². The van der Waals surface area contributed by atoms with Crippen molar-refractivity contribution in [1.29, 1.82) is 0 Å². The van der Waals surface area contributed by atoms with E-state index in [0.29, 0.717) is 12.0 Å². The van der Waals surface area contributed by atoms with E-state index in [1.54, 1.807) is 0 Å². The van der Waals surface area contributed by atoms with Crippen LogP contribution >= 0.6 is 24.0 Å². The van der Waals surface area contributed by atoms with Gasteiger partial charge in [0.25, 0.3) is 0 Å². The monoisotopic (exact) mass is 354 g/mol. The fourth-order valence-corrected chi connectivity index (χ4v) is 2.12. The highest BCUT2D eigenvalue weighted by Crippen LogP contribution is 2.14. The first-order chi connectivity index (χ1) is 7.77. The van der Waals surface area contributed by atoms with E-state index in [9.17, 15) is 0 Å². The van der Waals surface area contributed by atoms with Gasteiger partial charge in [-0.15, -0.1) is 24.0 Å². The van der Waals surface area contributed by atoms with Crippen molar-refractivity contribution in [3.63, 3.8) is 0 Å². The molecular formula is C12H27IN4. The highest BCUT2D eigenvalue weighted by atomic mass is 127. The lowest BCUT2D eigenvalue weighted by molar-refractivity contribution is 0.242. The number of nitrogens with zero attached hydrogens (tertiary/aromatic N) is 2. The first-order valence-electron chi connectivity index (χ1n) is 6.55. The average Bonchev–Trinajstić information content (AvgIpc) is 2.81. The molecule has 0 aliphatic carbocycles. The van der Waals surface area contributed by atoms with Gasteiger partial charge in [-0.3, -0.25) is 9.89 Å². The van der Waals surface area contributed by atoms with Crippen molar-refractivity contribution in [1.82, 2.24) is 10.2 Å². The Morgan fingerprint density at radius 2 is 2.00 bits per heavy atom. The van der Waals surface area contributed by atoms with Crippen LogP contribution in [0.2, 0.25) is 0 Å². The summed E-state index contributed by atoms with van der Waals surface area (Å²) < 4.78 is 0. The van der Waals surface area contributed by atoms with E-state index in [1.807, 2.05) is 0 Å². The van der Waals surface area contributed by atoms with Crippen LogP contribution < -0.4 is 11.1 Å². The molecule has 102 valence electrons. The molecule has 4 nitrogen and oxygen atoms in total. The molecule has 0 aromatic rings. The van der Waals surface area contributed by atoms with E-state index in [-0.39, 0.29) is 24.0 Å². The van der Waals surface area contributed by atoms with Gasteiger partial charge in [-0.25, -0.2) is 0 Å². The van der Waals surface area contributed by atoms with Crippen LogP contribution in [-0.4, -0.2) is 43.1 Å². The quantitative estimate of drug-likeness (QED) is 0.435. The number of likely N-dealkylation sites (tertiary alicyclic amines) is 1. The zero-order valence-electron chi connectivity index (χ0n) is 11.1. The number of hydrogen-bond donors (Lipinski definition) is 2. The molecule has 1 aliphatic rings. The largest absolute Gasteiger partial charge is 0.370 e. The van der Waals surface area contributed by atoms with Crippen molar-refractivity contribution in [2.75, 3.05) is 26.2 Å². The maximum Gasteiger partial charge on any atom is 0.188 e. The van der Waals surface area contributed by atoms with Crippen molar-refractivity contribution in [3.05, 3.63) is 0 Å². The highest BCUT2D eigenvalue weighted by Gasteiger charge is 2.19. The standard InChI is InChI=1S/C12H26N4.HI/c1-3-7-14-12(13)15-10-11(4-2)16-8-5-6-9-16;/h11H,3-10H2,1-2H3,(H3,13,14,15);1H. The van der Waals surface area contributed by atoms with Crippen LogP contribution in [0.25, 0.3) is 0 Å². The van der Waals surface area contributed by atoms with E-state index < -0.39 is 0 Å². The molecule has 17 heavy (non-hydrogen) atoms. The number of aliphatic imine (C=N–C) groups is 1. The SMILES string of the molecule is CCCNC(N)=NCC(CC)N1CCCC1.I. The molecule has 0 saturated carbocycles. The normalized spacial score (nSPS) is 18.8. The molecule has 1 atom stereocenters. The molecule has 0 aromatic heterocycles. The van der Waals surface area contributed by atoms with Crippen molar-refractivity contribution >= 4 is 29.9 Å². The van der Waals surface area contributed by atoms with E-state index in [1.165, 1.54) is 25.9 Å². The van der Waals surface area contributed by atoms with E-state index in [4.69, 9.17) is 5.73 Å². The third-order valence-corrected chi connectivity index (χ3v) is 3.16. The molecule has 3 N–H and O–H groups in total. The number of nitrogens with two attached hydrogens (primary N) is 1. The lowest BCUT2D eigenvalue weighted by Gasteiger charge is -2.24. The second-order valence-electron chi connectivity index (χ2n) is 4.46. The number of halogens is 1. The molecule has 1 rings (SSSR count). The Bertz CT molecular complexity index is 215. The Labute approximate surface area is 122 Å². The summed E-state index contributed by atoms with van der Waals surface area (Å²) in [6, 6.07) is 0.574. The third kappa shape index (κ3) is 6.45. The van der Waals surface area contributed by atoms with E-state index in [2.05, 4.69) is 29.1 Å².